The van der Waals surface area contributed by atoms with E-state index in [2.05, 4.69) is 4.98 Å². The summed E-state index contributed by atoms with van der Waals surface area (Å²) in [5.41, 5.74) is 0.834. The van der Waals surface area contributed by atoms with Crippen LogP contribution in [0.5, 0.6) is 5.75 Å². The van der Waals surface area contributed by atoms with Crippen molar-refractivity contribution in [2.24, 2.45) is 0 Å². The van der Waals surface area contributed by atoms with E-state index < -0.39 is 0 Å². The zero-order valence-electron chi connectivity index (χ0n) is 8.75. The van der Waals surface area contributed by atoms with Crippen molar-refractivity contribution >= 4 is 22.4 Å². The van der Waals surface area contributed by atoms with Gasteiger partial charge < -0.3 is 4.74 Å². The molecule has 0 aliphatic rings. The van der Waals surface area contributed by atoms with E-state index in [4.69, 9.17) is 16.3 Å². The molecule has 2 aromatic rings. The monoisotopic (exact) mass is 221 g/mol. The summed E-state index contributed by atoms with van der Waals surface area (Å²) in [5.74, 6) is 0.831. The van der Waals surface area contributed by atoms with E-state index >= 15 is 0 Å². The summed E-state index contributed by atoms with van der Waals surface area (Å²) in [5, 5.41) is 2.50. The predicted molar refractivity (Wildman–Crippen MR) is 62.7 cm³/mol. The van der Waals surface area contributed by atoms with Gasteiger partial charge in [0.15, 0.2) is 0 Å². The first-order valence-corrected chi connectivity index (χ1v) is 5.29. The van der Waals surface area contributed by atoms with Gasteiger partial charge in [-0.1, -0.05) is 35.9 Å². The summed E-state index contributed by atoms with van der Waals surface area (Å²) in [4.78, 5) is 4.26. The van der Waals surface area contributed by atoms with E-state index in [0.29, 0.717) is 11.8 Å². The normalized spacial score (nSPS) is 10.6. The average molecular weight is 222 g/mol. The molecule has 1 aromatic carbocycles. The highest BCUT2D eigenvalue weighted by Crippen LogP contribution is 2.32. The number of ether oxygens (including phenoxy) is 1. The molecule has 0 amide bonds. The standard InChI is InChI=1S/C12H12ClNO/c1-3-15-11-8(2)14-12(13)10-7-5-4-6-9(10)11/h4-7H,3H2,1-2H3. The summed E-state index contributed by atoms with van der Waals surface area (Å²) < 4.78 is 5.58. The maximum absolute atomic E-state index is 6.07. The molecule has 0 bridgehead atoms. The molecule has 0 saturated heterocycles. The second-order valence-corrected chi connectivity index (χ2v) is 3.65. The van der Waals surface area contributed by atoms with Crippen LogP contribution in [-0.2, 0) is 0 Å². The Hall–Kier alpha value is -1.28. The Bertz CT molecular complexity index is 496. The SMILES string of the molecule is CCOc1c(C)nc(Cl)c2ccccc12. The number of halogens is 1. The molecule has 0 spiro atoms. The van der Waals surface area contributed by atoms with E-state index in [1.807, 2.05) is 38.1 Å². The summed E-state index contributed by atoms with van der Waals surface area (Å²) in [6.45, 7) is 4.50. The number of pyridine rings is 1. The molecule has 78 valence electrons. The maximum Gasteiger partial charge on any atom is 0.148 e. The lowest BCUT2D eigenvalue weighted by Gasteiger charge is -2.10. The third-order valence-electron chi connectivity index (χ3n) is 2.28. The first-order chi connectivity index (χ1) is 7.24. The van der Waals surface area contributed by atoms with Gasteiger partial charge in [0.05, 0.1) is 12.3 Å². The van der Waals surface area contributed by atoms with E-state index in [1.165, 1.54) is 0 Å². The summed E-state index contributed by atoms with van der Waals surface area (Å²) in [7, 11) is 0. The minimum Gasteiger partial charge on any atom is -0.491 e. The molecule has 0 aliphatic heterocycles. The molecule has 3 heteroatoms. The fraction of sp³-hybridized carbons (Fsp3) is 0.250. The molecule has 0 atom stereocenters. The van der Waals surface area contributed by atoms with Gasteiger partial charge in [0.25, 0.3) is 0 Å². The Morgan fingerprint density at radius 3 is 2.60 bits per heavy atom. The third kappa shape index (κ3) is 1.77. The average Bonchev–Trinajstić information content (AvgIpc) is 2.24. The molecule has 0 saturated carbocycles. The molecule has 0 fully saturated rings. The van der Waals surface area contributed by atoms with Crippen molar-refractivity contribution < 1.29 is 4.74 Å². The van der Waals surface area contributed by atoms with Gasteiger partial charge in [-0.25, -0.2) is 4.98 Å². The summed E-state index contributed by atoms with van der Waals surface area (Å²) in [6, 6.07) is 7.87. The van der Waals surface area contributed by atoms with Crippen molar-refractivity contribution in [2.45, 2.75) is 13.8 Å². The van der Waals surface area contributed by atoms with E-state index in [0.717, 1.165) is 22.2 Å². The first kappa shape index (κ1) is 10.2. The van der Waals surface area contributed by atoms with Crippen LogP contribution < -0.4 is 4.74 Å². The Balaban J connectivity index is 2.77. The van der Waals surface area contributed by atoms with Crippen molar-refractivity contribution in [1.29, 1.82) is 0 Å². The first-order valence-electron chi connectivity index (χ1n) is 4.91. The zero-order chi connectivity index (χ0) is 10.8. The highest BCUT2D eigenvalue weighted by molar-refractivity contribution is 6.34. The Labute approximate surface area is 93.8 Å². The van der Waals surface area contributed by atoms with Gasteiger partial charge in [0, 0.05) is 10.8 Å². The molecule has 1 heterocycles. The number of aromatic nitrogens is 1. The molecule has 15 heavy (non-hydrogen) atoms. The van der Waals surface area contributed by atoms with Gasteiger partial charge in [-0.05, 0) is 13.8 Å². The molecular weight excluding hydrogens is 210 g/mol. The van der Waals surface area contributed by atoms with Crippen LogP contribution in [0.15, 0.2) is 24.3 Å². The van der Waals surface area contributed by atoms with Gasteiger partial charge >= 0.3 is 0 Å². The molecule has 0 N–H and O–H groups in total. The van der Waals surface area contributed by atoms with Gasteiger partial charge in [-0.2, -0.15) is 0 Å². The van der Waals surface area contributed by atoms with Gasteiger partial charge in [-0.3, -0.25) is 0 Å². The van der Waals surface area contributed by atoms with Crippen molar-refractivity contribution in [3.8, 4) is 5.75 Å². The topological polar surface area (TPSA) is 22.1 Å². The number of hydrogen-bond acceptors (Lipinski definition) is 2. The maximum atomic E-state index is 6.07. The molecule has 0 radical (unpaired) electrons. The van der Waals surface area contributed by atoms with Crippen LogP contribution in [0.25, 0.3) is 10.8 Å². The number of fused-ring (bicyclic) bond motifs is 1. The summed E-state index contributed by atoms with van der Waals surface area (Å²) >= 11 is 6.07. The fourth-order valence-electron chi connectivity index (χ4n) is 1.64. The molecule has 0 unspecified atom stereocenters. The highest BCUT2D eigenvalue weighted by atomic mass is 35.5. The lowest BCUT2D eigenvalue weighted by Crippen LogP contribution is -1.97. The minimum absolute atomic E-state index is 0.534. The van der Waals surface area contributed by atoms with Gasteiger partial charge in [-0.15, -0.1) is 0 Å². The van der Waals surface area contributed by atoms with Crippen LogP contribution in [0, 0.1) is 6.92 Å². The Kier molecular flexibility index (Phi) is 2.78. The third-order valence-corrected chi connectivity index (χ3v) is 2.57. The highest BCUT2D eigenvalue weighted by Gasteiger charge is 2.09. The number of rotatable bonds is 2. The second kappa shape index (κ2) is 4.07. The quantitative estimate of drug-likeness (QED) is 0.723. The van der Waals surface area contributed by atoms with Crippen molar-refractivity contribution in [1.82, 2.24) is 4.98 Å². The lowest BCUT2D eigenvalue weighted by atomic mass is 10.1. The van der Waals surface area contributed by atoms with Crippen LogP contribution in [0.2, 0.25) is 5.15 Å². The van der Waals surface area contributed by atoms with E-state index in [1.54, 1.807) is 0 Å². The van der Waals surface area contributed by atoms with Crippen molar-refractivity contribution in [3.63, 3.8) is 0 Å². The van der Waals surface area contributed by atoms with Crippen LogP contribution in [-0.4, -0.2) is 11.6 Å². The minimum atomic E-state index is 0.534. The number of nitrogens with zero attached hydrogens (tertiary/aromatic N) is 1. The van der Waals surface area contributed by atoms with E-state index in [9.17, 15) is 0 Å². The van der Waals surface area contributed by atoms with Crippen LogP contribution in [0.4, 0.5) is 0 Å². The van der Waals surface area contributed by atoms with Crippen LogP contribution in [0.3, 0.4) is 0 Å². The Morgan fingerprint density at radius 2 is 1.93 bits per heavy atom. The largest absolute Gasteiger partial charge is 0.491 e. The van der Waals surface area contributed by atoms with Crippen LogP contribution >= 0.6 is 11.6 Å². The smallest absolute Gasteiger partial charge is 0.148 e. The molecule has 2 rings (SSSR count). The second-order valence-electron chi connectivity index (χ2n) is 3.30. The number of hydrogen-bond donors (Lipinski definition) is 0. The van der Waals surface area contributed by atoms with Crippen molar-refractivity contribution in [2.75, 3.05) is 6.61 Å². The lowest BCUT2D eigenvalue weighted by molar-refractivity contribution is 0.340. The summed E-state index contributed by atoms with van der Waals surface area (Å²) in [6.07, 6.45) is 0. The fourth-order valence-corrected chi connectivity index (χ4v) is 1.93. The van der Waals surface area contributed by atoms with Crippen LogP contribution in [0.1, 0.15) is 12.6 Å². The number of benzene rings is 1. The van der Waals surface area contributed by atoms with Gasteiger partial charge in [0.1, 0.15) is 10.9 Å². The zero-order valence-corrected chi connectivity index (χ0v) is 9.51. The molecule has 1 aromatic heterocycles. The molecular formula is C12H12ClNO. The number of aryl methyl sites for hydroxylation is 1. The predicted octanol–water partition coefficient (Wildman–Crippen LogP) is 3.60. The van der Waals surface area contributed by atoms with Gasteiger partial charge in [0.2, 0.25) is 0 Å². The van der Waals surface area contributed by atoms with E-state index in [-0.39, 0.29) is 0 Å². The molecule has 2 nitrogen and oxygen atoms in total. The Morgan fingerprint density at radius 1 is 1.27 bits per heavy atom. The van der Waals surface area contributed by atoms with Crippen molar-refractivity contribution in [3.05, 3.63) is 35.1 Å². The molecule has 0 aliphatic carbocycles.